The smallest absolute Gasteiger partial charge is 0.336 e. The average Bonchev–Trinajstić information content (AvgIpc) is 2.63. The van der Waals surface area contributed by atoms with Crippen molar-refractivity contribution in [2.24, 2.45) is 17.3 Å². The van der Waals surface area contributed by atoms with Gasteiger partial charge in [-0.15, -0.1) is 0 Å². The molecule has 1 aromatic carbocycles. The van der Waals surface area contributed by atoms with Gasteiger partial charge in [-0.2, -0.15) is 0 Å². The zero-order valence-corrected chi connectivity index (χ0v) is 17.3. The van der Waals surface area contributed by atoms with E-state index in [2.05, 4.69) is 0 Å². The van der Waals surface area contributed by atoms with Crippen LogP contribution in [0.15, 0.2) is 27.4 Å². The molecule has 5 nitrogen and oxygen atoms in total. The minimum Gasteiger partial charge on any atom is -0.460 e. The summed E-state index contributed by atoms with van der Waals surface area (Å²) < 4.78 is 11.1. The van der Waals surface area contributed by atoms with Crippen LogP contribution in [0.3, 0.4) is 0 Å². The van der Waals surface area contributed by atoms with Crippen LogP contribution in [0, 0.1) is 17.3 Å². The Morgan fingerprint density at radius 2 is 1.93 bits per heavy atom. The first kappa shape index (κ1) is 19.1. The van der Waals surface area contributed by atoms with Gasteiger partial charge < -0.3 is 14.3 Å². The maximum atomic E-state index is 13.1. The molecule has 0 spiro atoms. The summed E-state index contributed by atoms with van der Waals surface area (Å²) >= 11 is 6.35. The van der Waals surface area contributed by atoms with Crippen LogP contribution in [-0.4, -0.2) is 16.7 Å². The highest BCUT2D eigenvalue weighted by Crippen LogP contribution is 2.62. The lowest BCUT2D eigenvalue weighted by molar-refractivity contribution is -0.197. The van der Waals surface area contributed by atoms with Crippen LogP contribution in [0.5, 0.6) is 0 Å². The predicted octanol–water partition coefficient (Wildman–Crippen LogP) is 4.38. The van der Waals surface area contributed by atoms with Crippen molar-refractivity contribution >= 4 is 28.5 Å². The quantitative estimate of drug-likeness (QED) is 0.591. The number of aryl methyl sites for hydroxylation is 1. The van der Waals surface area contributed by atoms with E-state index in [1.54, 1.807) is 12.1 Å². The van der Waals surface area contributed by atoms with E-state index in [1.165, 1.54) is 6.07 Å². The molecule has 29 heavy (non-hydrogen) atoms. The minimum atomic E-state index is -0.715. The van der Waals surface area contributed by atoms with Crippen LogP contribution in [0.2, 0.25) is 5.02 Å². The molecule has 2 aromatic rings. The Kier molecular flexibility index (Phi) is 4.34. The van der Waals surface area contributed by atoms with Crippen molar-refractivity contribution in [3.63, 3.8) is 0 Å². The fourth-order valence-corrected chi connectivity index (χ4v) is 6.73. The van der Waals surface area contributed by atoms with Gasteiger partial charge in [-0.05, 0) is 74.5 Å². The molecular formula is C23H25ClO5. The molecule has 1 aromatic heterocycles. The topological polar surface area (TPSA) is 76.7 Å². The summed E-state index contributed by atoms with van der Waals surface area (Å²) in [5.74, 6) is 0.567. The van der Waals surface area contributed by atoms with Gasteiger partial charge in [-0.25, -0.2) is 4.79 Å². The van der Waals surface area contributed by atoms with Crippen molar-refractivity contribution in [3.05, 3.63) is 44.8 Å². The number of hydrogen-bond donors (Lipinski definition) is 1. The van der Waals surface area contributed by atoms with Crippen LogP contribution < -0.4 is 5.63 Å². The van der Waals surface area contributed by atoms with Crippen molar-refractivity contribution in [1.29, 1.82) is 0 Å². The molecule has 154 valence electrons. The Balaban J connectivity index is 1.42. The third-order valence-corrected chi connectivity index (χ3v) is 7.55. The molecule has 0 saturated heterocycles. The van der Waals surface area contributed by atoms with E-state index in [0.29, 0.717) is 39.8 Å². The Bertz CT molecular complexity index is 1040. The Labute approximate surface area is 174 Å². The standard InChI is InChI=1S/C23H25ClO5/c1-2-15-4-19-17(6-18(15)24)16(5-20(25)29-19)11-28-21(26)22-7-13-3-14(8-22)10-23(27,9-13)12-22/h4-6,13-14,27H,2-3,7-12H2,1H3/t13-,14-,22?,23?/m1/s1. The second-order valence-electron chi connectivity index (χ2n) is 9.43. The minimum absolute atomic E-state index is 0.00174. The highest BCUT2D eigenvalue weighted by atomic mass is 35.5. The van der Waals surface area contributed by atoms with Gasteiger partial charge in [0.1, 0.15) is 12.2 Å². The Hall–Kier alpha value is -1.85. The van der Waals surface area contributed by atoms with Crippen molar-refractivity contribution in [2.75, 3.05) is 0 Å². The van der Waals surface area contributed by atoms with E-state index in [4.69, 9.17) is 20.8 Å². The number of halogens is 1. The summed E-state index contributed by atoms with van der Waals surface area (Å²) in [5, 5.41) is 12.2. The van der Waals surface area contributed by atoms with Crippen LogP contribution in [0.4, 0.5) is 0 Å². The van der Waals surface area contributed by atoms with Gasteiger partial charge in [0, 0.05) is 22.0 Å². The van der Waals surface area contributed by atoms with Crippen molar-refractivity contribution in [2.45, 2.75) is 64.1 Å². The van der Waals surface area contributed by atoms with Crippen LogP contribution in [-0.2, 0) is 22.6 Å². The first-order chi connectivity index (χ1) is 13.8. The number of hydrogen-bond acceptors (Lipinski definition) is 5. The summed E-state index contributed by atoms with van der Waals surface area (Å²) in [6, 6.07) is 4.92. The van der Waals surface area contributed by atoms with E-state index in [-0.39, 0.29) is 12.6 Å². The van der Waals surface area contributed by atoms with Gasteiger partial charge in [-0.1, -0.05) is 18.5 Å². The highest BCUT2D eigenvalue weighted by Gasteiger charge is 2.60. The number of aliphatic hydroxyl groups is 1. The molecule has 4 saturated carbocycles. The molecule has 6 rings (SSSR count). The third-order valence-electron chi connectivity index (χ3n) is 7.20. The predicted molar refractivity (Wildman–Crippen MR) is 109 cm³/mol. The van der Waals surface area contributed by atoms with Gasteiger partial charge in [0.2, 0.25) is 0 Å². The fraction of sp³-hybridized carbons (Fsp3) is 0.565. The van der Waals surface area contributed by atoms with E-state index in [1.807, 2.05) is 6.92 Å². The van der Waals surface area contributed by atoms with E-state index >= 15 is 0 Å². The second-order valence-corrected chi connectivity index (χ2v) is 9.83. The lowest BCUT2D eigenvalue weighted by Crippen LogP contribution is -2.58. The number of esters is 1. The fourth-order valence-electron chi connectivity index (χ4n) is 6.43. The molecule has 0 unspecified atom stereocenters. The molecule has 0 amide bonds. The number of carbonyl (C=O) groups excluding carboxylic acids is 1. The molecule has 0 radical (unpaired) electrons. The summed E-state index contributed by atoms with van der Waals surface area (Å²) in [6.45, 7) is 1.98. The van der Waals surface area contributed by atoms with E-state index in [0.717, 1.165) is 44.1 Å². The summed E-state index contributed by atoms with van der Waals surface area (Å²) in [5.41, 5.74) is 0.177. The second kappa shape index (κ2) is 6.58. The largest absolute Gasteiger partial charge is 0.460 e. The SMILES string of the molecule is CCc1cc2oc(=O)cc(COC(=O)C34C[C@H]5C[C@@H](CC(O)(C5)C3)C4)c2cc1Cl. The maximum absolute atomic E-state index is 13.1. The third kappa shape index (κ3) is 3.19. The first-order valence-corrected chi connectivity index (χ1v) is 10.8. The van der Waals surface area contributed by atoms with Gasteiger partial charge in [0.05, 0.1) is 11.0 Å². The van der Waals surface area contributed by atoms with E-state index < -0.39 is 16.6 Å². The molecule has 2 atom stereocenters. The first-order valence-electron chi connectivity index (χ1n) is 10.4. The zero-order valence-electron chi connectivity index (χ0n) is 16.5. The van der Waals surface area contributed by atoms with Crippen LogP contribution in [0.25, 0.3) is 11.0 Å². The normalized spacial score (nSPS) is 32.7. The molecule has 4 aliphatic rings. The number of fused-ring (bicyclic) bond motifs is 1. The number of carbonyl (C=O) groups is 1. The van der Waals surface area contributed by atoms with Crippen LogP contribution in [0.1, 0.15) is 56.6 Å². The maximum Gasteiger partial charge on any atom is 0.336 e. The Morgan fingerprint density at radius 1 is 1.21 bits per heavy atom. The molecule has 0 aliphatic heterocycles. The number of ether oxygens (including phenoxy) is 1. The highest BCUT2D eigenvalue weighted by molar-refractivity contribution is 6.32. The number of benzene rings is 1. The average molecular weight is 417 g/mol. The van der Waals surface area contributed by atoms with Gasteiger partial charge >= 0.3 is 11.6 Å². The van der Waals surface area contributed by atoms with Gasteiger partial charge in [-0.3, -0.25) is 4.79 Å². The molecule has 1 heterocycles. The molecule has 1 N–H and O–H groups in total. The molecular weight excluding hydrogens is 392 g/mol. The van der Waals surface area contributed by atoms with Gasteiger partial charge in [0.15, 0.2) is 0 Å². The van der Waals surface area contributed by atoms with Crippen molar-refractivity contribution in [1.82, 2.24) is 0 Å². The number of rotatable bonds is 4. The molecule has 4 aliphatic carbocycles. The zero-order chi connectivity index (χ0) is 20.4. The van der Waals surface area contributed by atoms with Gasteiger partial charge in [0.25, 0.3) is 0 Å². The van der Waals surface area contributed by atoms with Crippen molar-refractivity contribution in [3.8, 4) is 0 Å². The monoisotopic (exact) mass is 416 g/mol. The van der Waals surface area contributed by atoms with Crippen molar-refractivity contribution < 1.29 is 19.1 Å². The summed E-state index contributed by atoms with van der Waals surface area (Å²) in [7, 11) is 0. The lowest BCUT2D eigenvalue weighted by Gasteiger charge is -2.58. The lowest BCUT2D eigenvalue weighted by atomic mass is 9.48. The molecule has 4 fully saturated rings. The molecule has 6 heteroatoms. The van der Waals surface area contributed by atoms with Crippen LogP contribution >= 0.6 is 11.6 Å². The summed E-state index contributed by atoms with van der Waals surface area (Å²) in [4.78, 5) is 25.2. The molecule has 4 bridgehead atoms. The van der Waals surface area contributed by atoms with E-state index in [9.17, 15) is 14.7 Å². The summed E-state index contributed by atoms with van der Waals surface area (Å²) in [6.07, 6.45) is 5.55. The Morgan fingerprint density at radius 3 is 2.59 bits per heavy atom.